The normalized spacial score (nSPS) is 10.4. The summed E-state index contributed by atoms with van der Waals surface area (Å²) in [5.41, 5.74) is 1.13. The Morgan fingerprint density at radius 3 is 3.00 bits per heavy atom. The number of nitrogens with zero attached hydrogens (tertiary/aromatic N) is 2. The molecule has 0 bridgehead atoms. The first-order chi connectivity index (χ1) is 7.76. The van der Waals surface area contributed by atoms with Gasteiger partial charge in [0.1, 0.15) is 0 Å². The third-order valence-electron chi connectivity index (χ3n) is 2.15. The highest BCUT2D eigenvalue weighted by molar-refractivity contribution is 5.69. The Hall–Kier alpha value is -1.36. The Balaban J connectivity index is 2.13. The fourth-order valence-corrected chi connectivity index (χ4v) is 1.33. The van der Waals surface area contributed by atoms with Crippen molar-refractivity contribution in [3.63, 3.8) is 0 Å². The van der Waals surface area contributed by atoms with Crippen LogP contribution in [0.15, 0.2) is 12.4 Å². The van der Waals surface area contributed by atoms with E-state index in [2.05, 4.69) is 10.4 Å². The predicted molar refractivity (Wildman–Crippen MR) is 60.9 cm³/mol. The van der Waals surface area contributed by atoms with Crippen molar-refractivity contribution in [2.45, 2.75) is 33.4 Å². The number of carbonyl (C=O) groups excluding carboxylic acids is 1. The second-order valence-corrected chi connectivity index (χ2v) is 3.44. The van der Waals surface area contributed by atoms with Crippen molar-refractivity contribution in [1.29, 1.82) is 0 Å². The van der Waals surface area contributed by atoms with Gasteiger partial charge < -0.3 is 10.1 Å². The maximum atomic E-state index is 11.0. The van der Waals surface area contributed by atoms with Crippen LogP contribution < -0.4 is 5.32 Å². The van der Waals surface area contributed by atoms with Crippen LogP contribution in [-0.4, -0.2) is 28.9 Å². The molecule has 5 nitrogen and oxygen atoms in total. The molecule has 0 atom stereocenters. The molecule has 0 unspecified atom stereocenters. The van der Waals surface area contributed by atoms with E-state index in [0.717, 1.165) is 18.7 Å². The van der Waals surface area contributed by atoms with Gasteiger partial charge in [-0.1, -0.05) is 0 Å². The van der Waals surface area contributed by atoms with Gasteiger partial charge in [0.25, 0.3) is 0 Å². The average Bonchev–Trinajstić information content (AvgIpc) is 2.73. The maximum Gasteiger partial charge on any atom is 0.307 e. The minimum atomic E-state index is -0.153. The lowest BCUT2D eigenvalue weighted by molar-refractivity contribution is -0.142. The summed E-state index contributed by atoms with van der Waals surface area (Å²) in [4.78, 5) is 11.0. The van der Waals surface area contributed by atoms with Gasteiger partial charge in [0.05, 0.1) is 19.2 Å². The van der Waals surface area contributed by atoms with Crippen molar-refractivity contribution in [1.82, 2.24) is 15.1 Å². The summed E-state index contributed by atoms with van der Waals surface area (Å²) in [6.07, 6.45) is 4.24. The summed E-state index contributed by atoms with van der Waals surface area (Å²) >= 11 is 0. The molecular formula is C11H19N3O2. The number of aromatic nitrogens is 2. The monoisotopic (exact) mass is 225 g/mol. The van der Waals surface area contributed by atoms with Crippen LogP contribution >= 0.6 is 0 Å². The largest absolute Gasteiger partial charge is 0.466 e. The van der Waals surface area contributed by atoms with E-state index in [1.165, 1.54) is 0 Å². The molecule has 0 saturated carbocycles. The summed E-state index contributed by atoms with van der Waals surface area (Å²) in [5.74, 6) is -0.153. The third-order valence-corrected chi connectivity index (χ3v) is 2.15. The highest BCUT2D eigenvalue weighted by Crippen LogP contribution is 1.96. The average molecular weight is 225 g/mol. The number of esters is 1. The lowest BCUT2D eigenvalue weighted by atomic mass is 10.3. The van der Waals surface area contributed by atoms with Gasteiger partial charge in [-0.15, -0.1) is 0 Å². The van der Waals surface area contributed by atoms with Crippen molar-refractivity contribution < 1.29 is 9.53 Å². The number of aryl methyl sites for hydroxylation is 1. The van der Waals surface area contributed by atoms with E-state index < -0.39 is 0 Å². The number of carbonyl (C=O) groups is 1. The van der Waals surface area contributed by atoms with Gasteiger partial charge in [0, 0.05) is 31.4 Å². The molecule has 0 saturated heterocycles. The van der Waals surface area contributed by atoms with Crippen LogP contribution in [0.1, 0.15) is 25.8 Å². The van der Waals surface area contributed by atoms with Crippen LogP contribution in [0.3, 0.4) is 0 Å². The predicted octanol–water partition coefficient (Wildman–Crippen LogP) is 0.946. The lowest BCUT2D eigenvalue weighted by Gasteiger charge is -2.02. The molecule has 1 aromatic heterocycles. The molecule has 1 rings (SSSR count). The number of ether oxygens (including phenoxy) is 1. The first-order valence-corrected chi connectivity index (χ1v) is 5.64. The fraction of sp³-hybridized carbons (Fsp3) is 0.636. The Kier molecular flexibility index (Phi) is 5.56. The van der Waals surface area contributed by atoms with E-state index in [-0.39, 0.29) is 5.97 Å². The number of hydrogen-bond donors (Lipinski definition) is 1. The van der Waals surface area contributed by atoms with Crippen LogP contribution in [-0.2, 0) is 22.6 Å². The molecule has 0 fully saturated rings. The van der Waals surface area contributed by atoms with Gasteiger partial charge in [0.2, 0.25) is 0 Å². The Bertz CT molecular complexity index is 323. The number of nitrogens with one attached hydrogen (secondary N) is 1. The molecule has 90 valence electrons. The van der Waals surface area contributed by atoms with E-state index in [1.54, 1.807) is 0 Å². The minimum absolute atomic E-state index is 0.153. The first-order valence-electron chi connectivity index (χ1n) is 5.64. The topological polar surface area (TPSA) is 56.1 Å². The standard InChI is InChI=1S/C11H19N3O2/c1-3-14-9-10(8-13-14)7-12-6-5-11(15)16-4-2/h8-9,12H,3-7H2,1-2H3. The molecule has 16 heavy (non-hydrogen) atoms. The molecular weight excluding hydrogens is 206 g/mol. The Morgan fingerprint density at radius 1 is 1.56 bits per heavy atom. The van der Waals surface area contributed by atoms with Crippen molar-refractivity contribution in [3.05, 3.63) is 18.0 Å². The maximum absolute atomic E-state index is 11.0. The zero-order valence-electron chi connectivity index (χ0n) is 9.90. The summed E-state index contributed by atoms with van der Waals surface area (Å²) in [6, 6.07) is 0. The summed E-state index contributed by atoms with van der Waals surface area (Å²) < 4.78 is 6.70. The lowest BCUT2D eigenvalue weighted by Crippen LogP contribution is -2.18. The van der Waals surface area contributed by atoms with E-state index in [9.17, 15) is 4.79 Å². The summed E-state index contributed by atoms with van der Waals surface area (Å²) in [5, 5.41) is 7.34. The van der Waals surface area contributed by atoms with Gasteiger partial charge in [0.15, 0.2) is 0 Å². The van der Waals surface area contributed by atoms with Crippen molar-refractivity contribution in [3.8, 4) is 0 Å². The molecule has 1 N–H and O–H groups in total. The van der Waals surface area contributed by atoms with Gasteiger partial charge in [-0.3, -0.25) is 9.48 Å². The first kappa shape index (κ1) is 12.7. The molecule has 5 heteroatoms. The molecule has 0 amide bonds. The molecule has 1 heterocycles. The highest BCUT2D eigenvalue weighted by Gasteiger charge is 2.01. The van der Waals surface area contributed by atoms with Crippen molar-refractivity contribution in [2.24, 2.45) is 0 Å². The van der Waals surface area contributed by atoms with Gasteiger partial charge in [-0.05, 0) is 13.8 Å². The molecule has 0 radical (unpaired) electrons. The van der Waals surface area contributed by atoms with Crippen LogP contribution in [0.5, 0.6) is 0 Å². The highest BCUT2D eigenvalue weighted by atomic mass is 16.5. The zero-order chi connectivity index (χ0) is 11.8. The minimum Gasteiger partial charge on any atom is -0.466 e. The third kappa shape index (κ3) is 4.44. The second-order valence-electron chi connectivity index (χ2n) is 3.44. The van der Waals surface area contributed by atoms with Crippen LogP contribution in [0.4, 0.5) is 0 Å². The number of rotatable bonds is 7. The SMILES string of the molecule is CCOC(=O)CCNCc1cnn(CC)c1. The quantitative estimate of drug-likeness (QED) is 0.554. The smallest absolute Gasteiger partial charge is 0.307 e. The van der Waals surface area contributed by atoms with Gasteiger partial charge >= 0.3 is 5.97 Å². The zero-order valence-corrected chi connectivity index (χ0v) is 9.90. The van der Waals surface area contributed by atoms with Gasteiger partial charge in [-0.2, -0.15) is 5.10 Å². The van der Waals surface area contributed by atoms with E-state index >= 15 is 0 Å². The fourth-order valence-electron chi connectivity index (χ4n) is 1.33. The van der Waals surface area contributed by atoms with Gasteiger partial charge in [-0.25, -0.2) is 0 Å². The Labute approximate surface area is 95.8 Å². The molecule has 0 aliphatic carbocycles. The van der Waals surface area contributed by atoms with Crippen LogP contribution in [0, 0.1) is 0 Å². The Morgan fingerprint density at radius 2 is 2.38 bits per heavy atom. The van der Waals surface area contributed by atoms with E-state index in [4.69, 9.17) is 4.74 Å². The van der Waals surface area contributed by atoms with E-state index in [0.29, 0.717) is 19.6 Å². The van der Waals surface area contributed by atoms with Crippen molar-refractivity contribution >= 4 is 5.97 Å². The summed E-state index contributed by atoms with van der Waals surface area (Å²) in [6.45, 7) is 6.55. The molecule has 0 spiro atoms. The number of hydrogen-bond acceptors (Lipinski definition) is 4. The summed E-state index contributed by atoms with van der Waals surface area (Å²) in [7, 11) is 0. The molecule has 1 aromatic rings. The molecule has 0 aliphatic rings. The second kappa shape index (κ2) is 7.00. The van der Waals surface area contributed by atoms with Crippen LogP contribution in [0.2, 0.25) is 0 Å². The molecule has 0 aromatic carbocycles. The molecule has 0 aliphatic heterocycles. The van der Waals surface area contributed by atoms with Crippen LogP contribution in [0.25, 0.3) is 0 Å². The van der Waals surface area contributed by atoms with E-state index in [1.807, 2.05) is 30.9 Å². The van der Waals surface area contributed by atoms with Crippen molar-refractivity contribution in [2.75, 3.05) is 13.2 Å².